The van der Waals surface area contributed by atoms with Crippen molar-refractivity contribution >= 4 is 0 Å². The summed E-state index contributed by atoms with van der Waals surface area (Å²) in [5.41, 5.74) is 6.02. The predicted octanol–water partition coefficient (Wildman–Crippen LogP) is 2.70. The van der Waals surface area contributed by atoms with E-state index in [1.165, 1.54) is 12.1 Å². The van der Waals surface area contributed by atoms with Crippen molar-refractivity contribution < 1.29 is 13.2 Å². The van der Waals surface area contributed by atoms with Crippen LogP contribution in [0.15, 0.2) is 24.3 Å². The Morgan fingerprint density at radius 3 is 2.72 bits per heavy atom. The van der Waals surface area contributed by atoms with E-state index in [1.807, 2.05) is 0 Å². The molecule has 1 saturated heterocycles. The van der Waals surface area contributed by atoms with E-state index >= 15 is 0 Å². The molecule has 18 heavy (non-hydrogen) atoms. The molecule has 0 bridgehead atoms. The van der Waals surface area contributed by atoms with Crippen LogP contribution in [0, 0.1) is 5.92 Å². The lowest BCUT2D eigenvalue weighted by Gasteiger charge is -2.28. The highest BCUT2D eigenvalue weighted by Gasteiger charge is 2.31. The Balaban J connectivity index is 2.17. The molecule has 1 heterocycles. The summed E-state index contributed by atoms with van der Waals surface area (Å²) >= 11 is 0. The van der Waals surface area contributed by atoms with Crippen LogP contribution in [0.4, 0.5) is 13.2 Å². The highest BCUT2D eigenvalue weighted by molar-refractivity contribution is 5.28. The zero-order valence-electron chi connectivity index (χ0n) is 10.0. The Hall–Kier alpha value is -1.07. The molecular formula is C13H17F3N2. The van der Waals surface area contributed by atoms with E-state index in [2.05, 4.69) is 5.32 Å². The minimum Gasteiger partial charge on any atom is -0.324 e. The highest BCUT2D eigenvalue weighted by Crippen LogP contribution is 2.32. The first kappa shape index (κ1) is 13.4. The molecule has 3 N–H and O–H groups in total. The molecule has 100 valence electrons. The van der Waals surface area contributed by atoms with Crippen molar-refractivity contribution in [3.63, 3.8) is 0 Å². The molecule has 0 spiro atoms. The van der Waals surface area contributed by atoms with Gasteiger partial charge in [-0.2, -0.15) is 13.2 Å². The third-order valence-electron chi connectivity index (χ3n) is 3.44. The number of rotatable bonds is 2. The average molecular weight is 258 g/mol. The monoisotopic (exact) mass is 258 g/mol. The number of nitrogens with two attached hydrogens (primary N) is 1. The molecule has 2 unspecified atom stereocenters. The molecule has 1 aliphatic rings. The zero-order valence-corrected chi connectivity index (χ0v) is 10.0. The van der Waals surface area contributed by atoms with E-state index in [0.717, 1.165) is 32.0 Å². The van der Waals surface area contributed by atoms with E-state index in [9.17, 15) is 13.2 Å². The van der Waals surface area contributed by atoms with E-state index in [1.54, 1.807) is 6.07 Å². The summed E-state index contributed by atoms with van der Waals surface area (Å²) in [5, 5.41) is 3.23. The number of nitrogens with one attached hydrogen (secondary N) is 1. The summed E-state index contributed by atoms with van der Waals surface area (Å²) in [6, 6.07) is 5.01. The van der Waals surface area contributed by atoms with Gasteiger partial charge in [-0.05, 0) is 49.5 Å². The number of alkyl halides is 3. The van der Waals surface area contributed by atoms with Crippen molar-refractivity contribution in [2.24, 2.45) is 11.7 Å². The summed E-state index contributed by atoms with van der Waals surface area (Å²) in [6.07, 6.45) is -2.32. The van der Waals surface area contributed by atoms with Gasteiger partial charge in [-0.1, -0.05) is 12.1 Å². The lowest BCUT2D eigenvalue weighted by molar-refractivity contribution is -0.137. The fourth-order valence-electron chi connectivity index (χ4n) is 2.38. The Morgan fingerprint density at radius 2 is 2.11 bits per heavy atom. The van der Waals surface area contributed by atoms with Crippen LogP contribution in [0.2, 0.25) is 0 Å². The fraction of sp³-hybridized carbons (Fsp3) is 0.538. The van der Waals surface area contributed by atoms with Gasteiger partial charge in [0.2, 0.25) is 0 Å². The molecule has 0 aromatic heterocycles. The van der Waals surface area contributed by atoms with Gasteiger partial charge in [-0.3, -0.25) is 0 Å². The maximum atomic E-state index is 12.6. The lowest BCUT2D eigenvalue weighted by Crippen LogP contribution is -2.36. The third kappa shape index (κ3) is 3.03. The largest absolute Gasteiger partial charge is 0.416 e. The molecule has 2 atom stereocenters. The Morgan fingerprint density at radius 1 is 1.33 bits per heavy atom. The van der Waals surface area contributed by atoms with Crippen LogP contribution in [-0.4, -0.2) is 13.1 Å². The molecule has 0 saturated carbocycles. The van der Waals surface area contributed by atoms with Crippen LogP contribution in [0.1, 0.15) is 30.0 Å². The zero-order chi connectivity index (χ0) is 13.2. The summed E-state index contributed by atoms with van der Waals surface area (Å²) in [5.74, 6) is 0.210. The van der Waals surface area contributed by atoms with Crippen LogP contribution in [0.3, 0.4) is 0 Å². The number of piperidine rings is 1. The molecule has 0 aliphatic carbocycles. The summed E-state index contributed by atoms with van der Waals surface area (Å²) in [7, 11) is 0. The van der Waals surface area contributed by atoms with Gasteiger partial charge in [0.25, 0.3) is 0 Å². The van der Waals surface area contributed by atoms with Crippen molar-refractivity contribution in [1.82, 2.24) is 5.32 Å². The van der Waals surface area contributed by atoms with Gasteiger partial charge >= 0.3 is 6.18 Å². The first-order valence-electron chi connectivity index (χ1n) is 6.12. The summed E-state index contributed by atoms with van der Waals surface area (Å²) in [6.45, 7) is 1.74. The van der Waals surface area contributed by atoms with Gasteiger partial charge in [-0.25, -0.2) is 0 Å². The van der Waals surface area contributed by atoms with E-state index < -0.39 is 11.7 Å². The Kier molecular flexibility index (Phi) is 3.92. The maximum absolute atomic E-state index is 12.6. The number of benzene rings is 1. The SMILES string of the molecule is NC(c1cccc(C(F)(F)F)c1)C1CCCNC1. The fourth-order valence-corrected chi connectivity index (χ4v) is 2.38. The van der Waals surface area contributed by atoms with E-state index in [4.69, 9.17) is 5.73 Å². The molecule has 1 aromatic rings. The van der Waals surface area contributed by atoms with Gasteiger partial charge in [-0.15, -0.1) is 0 Å². The van der Waals surface area contributed by atoms with Crippen LogP contribution >= 0.6 is 0 Å². The maximum Gasteiger partial charge on any atom is 0.416 e. The molecule has 5 heteroatoms. The van der Waals surface area contributed by atoms with Crippen LogP contribution < -0.4 is 11.1 Å². The lowest BCUT2D eigenvalue weighted by atomic mass is 9.87. The smallest absolute Gasteiger partial charge is 0.324 e. The molecule has 1 aliphatic heterocycles. The van der Waals surface area contributed by atoms with Gasteiger partial charge in [0.15, 0.2) is 0 Å². The number of hydrogen-bond acceptors (Lipinski definition) is 2. The van der Waals surface area contributed by atoms with Crippen molar-refractivity contribution in [2.75, 3.05) is 13.1 Å². The van der Waals surface area contributed by atoms with Crippen LogP contribution in [0.25, 0.3) is 0 Å². The number of hydrogen-bond donors (Lipinski definition) is 2. The van der Waals surface area contributed by atoms with Gasteiger partial charge < -0.3 is 11.1 Å². The minimum atomic E-state index is -4.31. The topological polar surface area (TPSA) is 38.0 Å². The molecule has 2 nitrogen and oxygen atoms in total. The standard InChI is InChI=1S/C13H17F3N2/c14-13(15,16)11-5-1-3-9(7-11)12(17)10-4-2-6-18-8-10/h1,3,5,7,10,12,18H,2,4,6,8,17H2. The van der Waals surface area contributed by atoms with Crippen LogP contribution in [-0.2, 0) is 6.18 Å². The highest BCUT2D eigenvalue weighted by atomic mass is 19.4. The first-order valence-corrected chi connectivity index (χ1v) is 6.12. The third-order valence-corrected chi connectivity index (χ3v) is 3.44. The normalized spacial score (nSPS) is 22.8. The Labute approximate surface area is 104 Å². The average Bonchev–Trinajstić information content (AvgIpc) is 2.38. The molecular weight excluding hydrogens is 241 g/mol. The summed E-state index contributed by atoms with van der Waals surface area (Å²) in [4.78, 5) is 0. The Bertz CT molecular complexity index is 397. The molecule has 1 fully saturated rings. The quantitative estimate of drug-likeness (QED) is 0.856. The van der Waals surface area contributed by atoms with Crippen molar-refractivity contribution in [3.05, 3.63) is 35.4 Å². The first-order chi connectivity index (χ1) is 8.48. The second-order valence-electron chi connectivity index (χ2n) is 4.76. The van der Waals surface area contributed by atoms with Gasteiger partial charge in [0, 0.05) is 6.04 Å². The molecule has 2 rings (SSSR count). The van der Waals surface area contributed by atoms with E-state index in [0.29, 0.717) is 5.56 Å². The predicted molar refractivity (Wildman–Crippen MR) is 64.0 cm³/mol. The van der Waals surface area contributed by atoms with Gasteiger partial charge in [0.1, 0.15) is 0 Å². The van der Waals surface area contributed by atoms with Crippen molar-refractivity contribution in [3.8, 4) is 0 Å². The van der Waals surface area contributed by atoms with Crippen molar-refractivity contribution in [1.29, 1.82) is 0 Å². The second-order valence-corrected chi connectivity index (χ2v) is 4.76. The number of halogens is 3. The van der Waals surface area contributed by atoms with Gasteiger partial charge in [0.05, 0.1) is 5.56 Å². The molecule has 0 radical (unpaired) electrons. The molecule has 1 aromatic carbocycles. The van der Waals surface area contributed by atoms with Crippen molar-refractivity contribution in [2.45, 2.75) is 25.1 Å². The minimum absolute atomic E-state index is 0.210. The summed E-state index contributed by atoms with van der Waals surface area (Å²) < 4.78 is 37.9. The molecule has 0 amide bonds. The van der Waals surface area contributed by atoms with E-state index in [-0.39, 0.29) is 12.0 Å². The second kappa shape index (κ2) is 5.28. The van der Waals surface area contributed by atoms with Crippen LogP contribution in [0.5, 0.6) is 0 Å².